The highest BCUT2D eigenvalue weighted by atomic mass is 19.1. The van der Waals surface area contributed by atoms with E-state index in [0.29, 0.717) is 12.5 Å². The van der Waals surface area contributed by atoms with Crippen LogP contribution in [-0.2, 0) is 9.47 Å². The van der Waals surface area contributed by atoms with E-state index in [4.69, 9.17) is 9.47 Å². The SMILES string of the molecule is COCC[C@@H]1C[C@H](c2cc(F)ccn2)CCO1. The summed E-state index contributed by atoms with van der Waals surface area (Å²) in [5.74, 6) is 0.0937. The summed E-state index contributed by atoms with van der Waals surface area (Å²) in [6.45, 7) is 1.42. The molecule has 2 atom stereocenters. The highest BCUT2D eigenvalue weighted by Crippen LogP contribution is 2.30. The van der Waals surface area contributed by atoms with Crippen molar-refractivity contribution >= 4 is 0 Å². The number of ether oxygens (including phenoxy) is 2. The Balaban J connectivity index is 1.97. The molecule has 0 aromatic carbocycles. The summed E-state index contributed by atoms with van der Waals surface area (Å²) in [5.41, 5.74) is 0.843. The van der Waals surface area contributed by atoms with Crippen LogP contribution in [0.1, 0.15) is 30.9 Å². The van der Waals surface area contributed by atoms with Crippen molar-refractivity contribution in [3.05, 3.63) is 29.8 Å². The van der Waals surface area contributed by atoms with Crippen LogP contribution < -0.4 is 0 Å². The van der Waals surface area contributed by atoms with Crippen LogP contribution in [0, 0.1) is 5.82 Å². The number of hydrogen-bond acceptors (Lipinski definition) is 3. The first-order valence-electron chi connectivity index (χ1n) is 6.01. The lowest BCUT2D eigenvalue weighted by atomic mass is 9.91. The molecule has 0 aliphatic carbocycles. The van der Waals surface area contributed by atoms with E-state index in [9.17, 15) is 4.39 Å². The van der Waals surface area contributed by atoms with Gasteiger partial charge in [0.2, 0.25) is 0 Å². The van der Waals surface area contributed by atoms with Crippen LogP contribution in [0.25, 0.3) is 0 Å². The summed E-state index contributed by atoms with van der Waals surface area (Å²) >= 11 is 0. The fraction of sp³-hybridized carbons (Fsp3) is 0.615. The summed E-state index contributed by atoms with van der Waals surface area (Å²) in [4.78, 5) is 4.25. The van der Waals surface area contributed by atoms with Crippen molar-refractivity contribution < 1.29 is 13.9 Å². The van der Waals surface area contributed by atoms with Gasteiger partial charge < -0.3 is 9.47 Å². The first-order chi connectivity index (χ1) is 8.29. The molecule has 4 heteroatoms. The molecule has 1 saturated heterocycles. The van der Waals surface area contributed by atoms with Crippen LogP contribution in [0.2, 0.25) is 0 Å². The normalized spacial score (nSPS) is 24.8. The highest BCUT2D eigenvalue weighted by Gasteiger charge is 2.24. The zero-order chi connectivity index (χ0) is 12.1. The molecular formula is C13H18FNO2. The number of rotatable bonds is 4. The second-order valence-corrected chi connectivity index (χ2v) is 4.39. The molecule has 94 valence electrons. The van der Waals surface area contributed by atoms with E-state index in [1.807, 2.05) is 0 Å². The molecule has 17 heavy (non-hydrogen) atoms. The second-order valence-electron chi connectivity index (χ2n) is 4.39. The maximum Gasteiger partial charge on any atom is 0.126 e. The molecular weight excluding hydrogens is 221 g/mol. The predicted octanol–water partition coefficient (Wildman–Crippen LogP) is 2.52. The maximum absolute atomic E-state index is 13.1. The van der Waals surface area contributed by atoms with E-state index in [1.165, 1.54) is 18.3 Å². The largest absolute Gasteiger partial charge is 0.385 e. The summed E-state index contributed by atoms with van der Waals surface area (Å²) in [7, 11) is 1.69. The highest BCUT2D eigenvalue weighted by molar-refractivity contribution is 5.12. The van der Waals surface area contributed by atoms with Crippen molar-refractivity contribution in [1.29, 1.82) is 0 Å². The molecule has 1 aromatic rings. The van der Waals surface area contributed by atoms with Crippen molar-refractivity contribution in [2.75, 3.05) is 20.3 Å². The fourth-order valence-corrected chi connectivity index (χ4v) is 2.24. The number of methoxy groups -OCH3 is 1. The standard InChI is InChI=1S/C13H18FNO2/c1-16-6-4-12-8-10(3-7-17-12)13-9-11(14)2-5-15-13/h2,5,9-10,12H,3-4,6-8H2,1H3/t10-,12-/m1/s1. The second kappa shape index (κ2) is 6.07. The summed E-state index contributed by atoms with van der Waals surface area (Å²) in [6, 6.07) is 2.91. The van der Waals surface area contributed by atoms with Crippen molar-refractivity contribution in [1.82, 2.24) is 4.98 Å². The van der Waals surface area contributed by atoms with E-state index in [0.717, 1.165) is 31.6 Å². The van der Waals surface area contributed by atoms with Gasteiger partial charge in [0.05, 0.1) is 6.10 Å². The van der Waals surface area contributed by atoms with Crippen molar-refractivity contribution in [3.63, 3.8) is 0 Å². The zero-order valence-electron chi connectivity index (χ0n) is 10.1. The number of hydrogen-bond donors (Lipinski definition) is 0. The Morgan fingerprint density at radius 3 is 3.24 bits per heavy atom. The van der Waals surface area contributed by atoms with Gasteiger partial charge in [0.1, 0.15) is 5.82 Å². The van der Waals surface area contributed by atoms with Gasteiger partial charge >= 0.3 is 0 Å². The molecule has 1 fully saturated rings. The third-order valence-corrected chi connectivity index (χ3v) is 3.17. The third kappa shape index (κ3) is 3.48. The molecule has 3 nitrogen and oxygen atoms in total. The molecule has 0 spiro atoms. The quantitative estimate of drug-likeness (QED) is 0.809. The average Bonchev–Trinajstić information content (AvgIpc) is 2.37. The Morgan fingerprint density at radius 1 is 1.59 bits per heavy atom. The van der Waals surface area contributed by atoms with Gasteiger partial charge in [0.15, 0.2) is 0 Å². The number of nitrogens with zero attached hydrogens (tertiary/aromatic N) is 1. The predicted molar refractivity (Wildman–Crippen MR) is 62.4 cm³/mol. The summed E-state index contributed by atoms with van der Waals surface area (Å²) < 4.78 is 23.8. The topological polar surface area (TPSA) is 31.4 Å². The van der Waals surface area contributed by atoms with Gasteiger partial charge in [0.25, 0.3) is 0 Å². The van der Waals surface area contributed by atoms with Crippen LogP contribution in [-0.4, -0.2) is 31.4 Å². The van der Waals surface area contributed by atoms with E-state index in [2.05, 4.69) is 4.98 Å². The van der Waals surface area contributed by atoms with Gasteiger partial charge in [-0.3, -0.25) is 4.98 Å². The Morgan fingerprint density at radius 2 is 2.47 bits per heavy atom. The molecule has 0 bridgehead atoms. The Hall–Kier alpha value is -1.00. The van der Waals surface area contributed by atoms with Crippen LogP contribution in [0.3, 0.4) is 0 Å². The lowest BCUT2D eigenvalue weighted by molar-refractivity contribution is -0.0110. The number of aromatic nitrogens is 1. The average molecular weight is 239 g/mol. The summed E-state index contributed by atoms with van der Waals surface area (Å²) in [5, 5.41) is 0. The van der Waals surface area contributed by atoms with E-state index < -0.39 is 0 Å². The first-order valence-corrected chi connectivity index (χ1v) is 6.01. The van der Waals surface area contributed by atoms with Crippen LogP contribution in [0.5, 0.6) is 0 Å². The molecule has 0 N–H and O–H groups in total. The molecule has 0 unspecified atom stereocenters. The minimum Gasteiger partial charge on any atom is -0.385 e. The van der Waals surface area contributed by atoms with Gasteiger partial charge in [-0.2, -0.15) is 0 Å². The van der Waals surface area contributed by atoms with Gasteiger partial charge in [-0.1, -0.05) is 0 Å². The molecule has 1 aromatic heterocycles. The van der Waals surface area contributed by atoms with Crippen molar-refractivity contribution in [2.24, 2.45) is 0 Å². The van der Waals surface area contributed by atoms with E-state index in [-0.39, 0.29) is 11.9 Å². The summed E-state index contributed by atoms with van der Waals surface area (Å²) in [6.07, 6.45) is 4.45. The monoisotopic (exact) mass is 239 g/mol. The van der Waals surface area contributed by atoms with Gasteiger partial charge in [0, 0.05) is 38.1 Å². The Bertz CT molecular complexity index is 359. The van der Waals surface area contributed by atoms with Crippen molar-refractivity contribution in [3.8, 4) is 0 Å². The molecule has 0 radical (unpaired) electrons. The smallest absolute Gasteiger partial charge is 0.126 e. The molecule has 1 aliphatic rings. The van der Waals surface area contributed by atoms with Gasteiger partial charge in [-0.15, -0.1) is 0 Å². The third-order valence-electron chi connectivity index (χ3n) is 3.17. The van der Waals surface area contributed by atoms with E-state index in [1.54, 1.807) is 7.11 Å². The van der Waals surface area contributed by atoms with Crippen molar-refractivity contribution in [2.45, 2.75) is 31.3 Å². The molecule has 2 heterocycles. The lowest BCUT2D eigenvalue weighted by Gasteiger charge is -2.29. The number of pyridine rings is 1. The first kappa shape index (κ1) is 12.5. The van der Waals surface area contributed by atoms with Crippen LogP contribution in [0.4, 0.5) is 4.39 Å². The van der Waals surface area contributed by atoms with Gasteiger partial charge in [-0.25, -0.2) is 4.39 Å². The minimum atomic E-state index is -0.213. The minimum absolute atomic E-state index is 0.207. The van der Waals surface area contributed by atoms with Crippen LogP contribution in [0.15, 0.2) is 18.3 Å². The van der Waals surface area contributed by atoms with E-state index >= 15 is 0 Å². The zero-order valence-corrected chi connectivity index (χ0v) is 10.1. The lowest BCUT2D eigenvalue weighted by Crippen LogP contribution is -2.26. The Labute approximate surface area is 101 Å². The fourth-order valence-electron chi connectivity index (χ4n) is 2.24. The van der Waals surface area contributed by atoms with Crippen LogP contribution >= 0.6 is 0 Å². The molecule has 0 amide bonds. The molecule has 1 aliphatic heterocycles. The number of halogens is 1. The molecule has 2 rings (SSSR count). The van der Waals surface area contributed by atoms with Gasteiger partial charge in [-0.05, 0) is 31.4 Å². The Kier molecular flexibility index (Phi) is 4.45. The molecule has 0 saturated carbocycles. The maximum atomic E-state index is 13.1.